The molecule has 1 aromatic heterocycles. The van der Waals surface area contributed by atoms with E-state index in [4.69, 9.17) is 4.74 Å². The van der Waals surface area contributed by atoms with E-state index in [-0.39, 0.29) is 18.6 Å². The van der Waals surface area contributed by atoms with Crippen LogP contribution >= 0.6 is 11.3 Å². The van der Waals surface area contributed by atoms with E-state index in [0.717, 1.165) is 11.3 Å². The summed E-state index contributed by atoms with van der Waals surface area (Å²) in [5.74, 6) is 0.977. The van der Waals surface area contributed by atoms with Crippen molar-refractivity contribution in [1.29, 1.82) is 0 Å². The number of hydrogen-bond donors (Lipinski definition) is 1. The molecule has 2 aromatic rings. The first-order chi connectivity index (χ1) is 10.5. The van der Waals surface area contributed by atoms with E-state index in [2.05, 4.69) is 32.2 Å². The lowest BCUT2D eigenvalue weighted by atomic mass is 10.0. The molecule has 0 aliphatic carbocycles. The Bertz CT molecular complexity index is 620. The number of nitrogens with one attached hydrogen (secondary N) is 1. The van der Waals surface area contributed by atoms with Crippen molar-refractivity contribution in [3.8, 4) is 5.75 Å². The Labute approximate surface area is 136 Å². The van der Waals surface area contributed by atoms with E-state index in [1.165, 1.54) is 10.4 Å². The summed E-state index contributed by atoms with van der Waals surface area (Å²) in [5.41, 5.74) is 2.38. The van der Waals surface area contributed by atoms with Crippen LogP contribution in [-0.4, -0.2) is 12.5 Å². The summed E-state index contributed by atoms with van der Waals surface area (Å²) in [6.45, 7) is 8.34. The second kappa shape index (κ2) is 7.45. The lowest BCUT2D eigenvalue weighted by Crippen LogP contribution is -2.34. The van der Waals surface area contributed by atoms with E-state index >= 15 is 0 Å². The molecule has 0 saturated heterocycles. The average molecular weight is 317 g/mol. The lowest BCUT2D eigenvalue weighted by molar-refractivity contribution is -0.124. The predicted octanol–water partition coefficient (Wildman–Crippen LogP) is 4.26. The summed E-state index contributed by atoms with van der Waals surface area (Å²) in [5, 5.41) is 5.09. The minimum Gasteiger partial charge on any atom is -0.484 e. The van der Waals surface area contributed by atoms with E-state index in [1.54, 1.807) is 11.3 Å². The van der Waals surface area contributed by atoms with Crippen LogP contribution in [0.25, 0.3) is 0 Å². The van der Waals surface area contributed by atoms with Crippen molar-refractivity contribution in [2.24, 2.45) is 5.92 Å². The fraction of sp³-hybridized carbons (Fsp3) is 0.389. The average Bonchev–Trinajstić information content (AvgIpc) is 2.99. The molecular weight excluding hydrogens is 294 g/mol. The minimum absolute atomic E-state index is 0.0378. The molecule has 0 bridgehead atoms. The van der Waals surface area contributed by atoms with Gasteiger partial charge in [0, 0.05) is 4.88 Å². The van der Waals surface area contributed by atoms with Gasteiger partial charge in [0.2, 0.25) is 0 Å². The van der Waals surface area contributed by atoms with E-state index in [9.17, 15) is 4.79 Å². The van der Waals surface area contributed by atoms with Gasteiger partial charge in [-0.2, -0.15) is 0 Å². The SMILES string of the molecule is Cc1ccc(OCC(=O)N[C@H](c2cccs2)C(C)C)cc1C. The highest BCUT2D eigenvalue weighted by Gasteiger charge is 2.19. The van der Waals surface area contributed by atoms with Crippen LogP contribution in [0.4, 0.5) is 0 Å². The Kier molecular flexibility index (Phi) is 5.61. The minimum atomic E-state index is -0.0923. The molecule has 0 aliphatic rings. The zero-order chi connectivity index (χ0) is 16.1. The summed E-state index contributed by atoms with van der Waals surface area (Å²) in [6.07, 6.45) is 0. The molecule has 4 heteroatoms. The number of ether oxygens (including phenoxy) is 1. The molecule has 1 N–H and O–H groups in total. The van der Waals surface area contributed by atoms with E-state index < -0.39 is 0 Å². The largest absolute Gasteiger partial charge is 0.484 e. The number of hydrogen-bond acceptors (Lipinski definition) is 3. The Balaban J connectivity index is 1.92. The number of amides is 1. The number of thiophene rings is 1. The van der Waals surface area contributed by atoms with Crippen LogP contribution in [0.2, 0.25) is 0 Å². The number of carbonyl (C=O) groups excluding carboxylic acids is 1. The number of carbonyl (C=O) groups is 1. The van der Waals surface area contributed by atoms with Gasteiger partial charge in [-0.05, 0) is 54.5 Å². The van der Waals surface area contributed by atoms with Crippen molar-refractivity contribution in [3.05, 3.63) is 51.7 Å². The maximum Gasteiger partial charge on any atom is 0.258 e. The van der Waals surface area contributed by atoms with Crippen molar-refractivity contribution >= 4 is 17.2 Å². The smallest absolute Gasteiger partial charge is 0.258 e. The summed E-state index contributed by atoms with van der Waals surface area (Å²) >= 11 is 1.66. The van der Waals surface area contributed by atoms with Crippen molar-refractivity contribution in [2.75, 3.05) is 6.61 Å². The molecule has 0 saturated carbocycles. The lowest BCUT2D eigenvalue weighted by Gasteiger charge is -2.21. The molecule has 1 aromatic carbocycles. The van der Waals surface area contributed by atoms with Crippen molar-refractivity contribution in [1.82, 2.24) is 5.32 Å². The quantitative estimate of drug-likeness (QED) is 0.864. The third kappa shape index (κ3) is 4.34. The van der Waals surface area contributed by atoms with Gasteiger partial charge in [0.15, 0.2) is 6.61 Å². The van der Waals surface area contributed by atoms with Crippen LogP contribution in [0.5, 0.6) is 5.75 Å². The predicted molar refractivity (Wildman–Crippen MR) is 91.5 cm³/mol. The second-order valence-corrected chi connectivity index (χ2v) is 6.82. The van der Waals surface area contributed by atoms with Crippen LogP contribution in [-0.2, 0) is 4.79 Å². The van der Waals surface area contributed by atoms with Crippen LogP contribution in [0, 0.1) is 19.8 Å². The van der Waals surface area contributed by atoms with Crippen molar-refractivity contribution in [3.63, 3.8) is 0 Å². The highest BCUT2D eigenvalue weighted by Crippen LogP contribution is 2.25. The Morgan fingerprint density at radius 3 is 2.59 bits per heavy atom. The molecule has 0 unspecified atom stereocenters. The second-order valence-electron chi connectivity index (χ2n) is 5.84. The molecule has 3 nitrogen and oxygen atoms in total. The number of rotatable bonds is 6. The molecule has 1 heterocycles. The Morgan fingerprint density at radius 2 is 2.00 bits per heavy atom. The molecule has 0 aliphatic heterocycles. The van der Waals surface area contributed by atoms with Gasteiger partial charge in [-0.15, -0.1) is 11.3 Å². The van der Waals surface area contributed by atoms with Crippen molar-refractivity contribution in [2.45, 2.75) is 33.7 Å². The fourth-order valence-corrected chi connectivity index (χ4v) is 3.15. The molecule has 1 amide bonds. The monoisotopic (exact) mass is 317 g/mol. The van der Waals surface area contributed by atoms with Gasteiger partial charge in [-0.1, -0.05) is 26.0 Å². The molecule has 1 atom stereocenters. The summed E-state index contributed by atoms with van der Waals surface area (Å²) in [4.78, 5) is 13.3. The summed E-state index contributed by atoms with van der Waals surface area (Å²) in [6, 6.07) is 9.96. The molecule has 118 valence electrons. The van der Waals surface area contributed by atoms with Crippen LogP contribution in [0.3, 0.4) is 0 Å². The van der Waals surface area contributed by atoms with Crippen molar-refractivity contribution < 1.29 is 9.53 Å². The standard InChI is InChI=1S/C18H23NO2S/c1-12(2)18(16-6-5-9-22-16)19-17(20)11-21-15-8-7-13(3)14(4)10-15/h5-10,12,18H,11H2,1-4H3,(H,19,20)/t18-/m0/s1. The normalized spacial score (nSPS) is 12.2. The first-order valence-electron chi connectivity index (χ1n) is 7.50. The third-order valence-corrected chi connectivity index (χ3v) is 4.64. The first-order valence-corrected chi connectivity index (χ1v) is 8.38. The van der Waals surface area contributed by atoms with Gasteiger partial charge in [0.25, 0.3) is 5.91 Å². The maximum atomic E-state index is 12.1. The van der Waals surface area contributed by atoms with Gasteiger partial charge >= 0.3 is 0 Å². The highest BCUT2D eigenvalue weighted by molar-refractivity contribution is 7.10. The fourth-order valence-electron chi connectivity index (χ4n) is 2.20. The molecule has 0 radical (unpaired) electrons. The third-order valence-electron chi connectivity index (χ3n) is 3.68. The Hall–Kier alpha value is -1.81. The van der Waals surface area contributed by atoms with Gasteiger partial charge in [0.1, 0.15) is 5.75 Å². The highest BCUT2D eigenvalue weighted by atomic mass is 32.1. The molecular formula is C18H23NO2S. The Morgan fingerprint density at radius 1 is 1.23 bits per heavy atom. The van der Waals surface area contributed by atoms with Gasteiger partial charge in [-0.3, -0.25) is 4.79 Å². The number of aryl methyl sites for hydroxylation is 2. The molecule has 0 spiro atoms. The van der Waals surface area contributed by atoms with Gasteiger partial charge in [0.05, 0.1) is 6.04 Å². The maximum absolute atomic E-state index is 12.1. The zero-order valence-electron chi connectivity index (χ0n) is 13.6. The molecule has 2 rings (SSSR count). The van der Waals surface area contributed by atoms with Crippen LogP contribution < -0.4 is 10.1 Å². The number of benzene rings is 1. The first kappa shape index (κ1) is 16.6. The summed E-state index contributed by atoms with van der Waals surface area (Å²) < 4.78 is 5.59. The van der Waals surface area contributed by atoms with Gasteiger partial charge < -0.3 is 10.1 Å². The van der Waals surface area contributed by atoms with E-state index in [0.29, 0.717) is 5.92 Å². The van der Waals surface area contributed by atoms with Crippen LogP contribution in [0.15, 0.2) is 35.7 Å². The molecule has 22 heavy (non-hydrogen) atoms. The topological polar surface area (TPSA) is 38.3 Å². The van der Waals surface area contributed by atoms with E-state index in [1.807, 2.05) is 36.6 Å². The zero-order valence-corrected chi connectivity index (χ0v) is 14.4. The summed E-state index contributed by atoms with van der Waals surface area (Å²) in [7, 11) is 0. The van der Waals surface area contributed by atoms with Crippen LogP contribution in [0.1, 0.15) is 35.9 Å². The van der Waals surface area contributed by atoms with Gasteiger partial charge in [-0.25, -0.2) is 0 Å². The molecule has 0 fully saturated rings.